The van der Waals surface area contributed by atoms with Gasteiger partial charge in [0.2, 0.25) is 0 Å². The number of nitrogens with zero attached hydrogens (tertiary/aromatic N) is 2. The number of thiazole rings is 1. The Bertz CT molecular complexity index is 432. The van der Waals surface area contributed by atoms with Gasteiger partial charge < -0.3 is 5.11 Å². The Hall–Kier alpha value is -0.940. The number of rotatable bonds is 4. The summed E-state index contributed by atoms with van der Waals surface area (Å²) in [5, 5.41) is 12.6. The Morgan fingerprint density at radius 1 is 1.61 bits per heavy atom. The van der Waals surface area contributed by atoms with Crippen LogP contribution in [0.15, 0.2) is 5.38 Å². The van der Waals surface area contributed by atoms with Crippen LogP contribution in [-0.2, 0) is 17.8 Å². The lowest BCUT2D eigenvalue weighted by molar-refractivity contribution is -0.153. The minimum Gasteiger partial charge on any atom is -0.480 e. The van der Waals surface area contributed by atoms with E-state index >= 15 is 0 Å². The van der Waals surface area contributed by atoms with Crippen LogP contribution in [0.2, 0.25) is 0 Å². The lowest BCUT2D eigenvalue weighted by Gasteiger charge is -2.41. The maximum Gasteiger partial charge on any atom is 0.323 e. The third kappa shape index (κ3) is 2.57. The molecule has 1 aliphatic rings. The number of carboxylic acids is 1. The first-order valence-corrected chi connectivity index (χ1v) is 7.36. The third-order valence-electron chi connectivity index (χ3n) is 3.75. The van der Waals surface area contributed by atoms with E-state index in [1.807, 2.05) is 6.92 Å². The second kappa shape index (κ2) is 5.36. The van der Waals surface area contributed by atoms with Crippen LogP contribution in [-0.4, -0.2) is 33.0 Å². The molecule has 1 aromatic rings. The highest BCUT2D eigenvalue weighted by Crippen LogP contribution is 2.30. The van der Waals surface area contributed by atoms with Gasteiger partial charge in [0.25, 0.3) is 0 Å². The van der Waals surface area contributed by atoms with Crippen molar-refractivity contribution in [3.63, 3.8) is 0 Å². The summed E-state index contributed by atoms with van der Waals surface area (Å²) in [6, 6.07) is 0. The van der Waals surface area contributed by atoms with Crippen LogP contribution in [0.5, 0.6) is 0 Å². The quantitative estimate of drug-likeness (QED) is 0.911. The van der Waals surface area contributed by atoms with Gasteiger partial charge in [-0.25, -0.2) is 4.98 Å². The molecule has 1 aromatic heterocycles. The molecule has 1 N–H and O–H groups in total. The molecule has 0 amide bonds. The standard InChI is InChI=1S/C13H20N2O2S/c1-3-11-14-10(9-18-11)8-15-7-5-4-6-13(15,2)12(16)17/h9H,3-8H2,1-2H3,(H,16,17). The van der Waals surface area contributed by atoms with Crippen LogP contribution in [0, 0.1) is 0 Å². The minimum atomic E-state index is -0.728. The highest BCUT2D eigenvalue weighted by Gasteiger charge is 2.41. The van der Waals surface area contributed by atoms with Gasteiger partial charge in [0.05, 0.1) is 10.7 Å². The Morgan fingerprint density at radius 2 is 2.39 bits per heavy atom. The van der Waals surface area contributed by atoms with Gasteiger partial charge in [0, 0.05) is 11.9 Å². The molecule has 2 rings (SSSR count). The van der Waals surface area contributed by atoms with E-state index in [2.05, 4.69) is 22.2 Å². The van der Waals surface area contributed by atoms with Crippen molar-refractivity contribution in [3.05, 3.63) is 16.1 Å². The summed E-state index contributed by atoms with van der Waals surface area (Å²) in [7, 11) is 0. The van der Waals surface area contributed by atoms with Gasteiger partial charge >= 0.3 is 5.97 Å². The van der Waals surface area contributed by atoms with Crippen molar-refractivity contribution >= 4 is 17.3 Å². The second-order valence-electron chi connectivity index (χ2n) is 5.04. The maximum absolute atomic E-state index is 11.5. The van der Waals surface area contributed by atoms with E-state index in [0.717, 1.165) is 42.9 Å². The van der Waals surface area contributed by atoms with E-state index in [1.54, 1.807) is 11.3 Å². The molecule has 0 spiro atoms. The second-order valence-corrected chi connectivity index (χ2v) is 5.99. The first-order chi connectivity index (χ1) is 8.56. The number of aliphatic carboxylic acids is 1. The number of carboxylic acid groups (broad SMARTS) is 1. The number of piperidine rings is 1. The SMILES string of the molecule is CCc1nc(CN2CCCCC2(C)C(=O)O)cs1. The van der Waals surface area contributed by atoms with E-state index in [0.29, 0.717) is 6.54 Å². The molecule has 1 unspecified atom stereocenters. The average molecular weight is 268 g/mol. The highest BCUT2D eigenvalue weighted by molar-refractivity contribution is 7.09. The van der Waals surface area contributed by atoms with Crippen molar-refractivity contribution in [2.45, 2.75) is 51.6 Å². The van der Waals surface area contributed by atoms with Gasteiger partial charge in [-0.3, -0.25) is 9.69 Å². The zero-order valence-corrected chi connectivity index (χ0v) is 11.8. The fraction of sp³-hybridized carbons (Fsp3) is 0.692. The largest absolute Gasteiger partial charge is 0.480 e. The predicted molar refractivity (Wildman–Crippen MR) is 71.8 cm³/mol. The summed E-state index contributed by atoms with van der Waals surface area (Å²) < 4.78 is 0. The summed E-state index contributed by atoms with van der Waals surface area (Å²) in [5.74, 6) is -0.715. The van der Waals surface area contributed by atoms with Crippen LogP contribution in [0.25, 0.3) is 0 Å². The van der Waals surface area contributed by atoms with Crippen molar-refractivity contribution in [3.8, 4) is 0 Å². The molecule has 1 atom stereocenters. The molecular weight excluding hydrogens is 248 g/mol. The first kappa shape index (κ1) is 13.5. The van der Waals surface area contributed by atoms with Crippen LogP contribution < -0.4 is 0 Å². The number of hydrogen-bond acceptors (Lipinski definition) is 4. The van der Waals surface area contributed by atoms with E-state index < -0.39 is 11.5 Å². The summed E-state index contributed by atoms with van der Waals surface area (Å²) >= 11 is 1.66. The first-order valence-electron chi connectivity index (χ1n) is 6.48. The molecule has 0 bridgehead atoms. The molecule has 100 valence electrons. The number of hydrogen-bond donors (Lipinski definition) is 1. The fourth-order valence-corrected chi connectivity index (χ4v) is 3.19. The molecule has 5 heteroatoms. The van der Waals surface area contributed by atoms with Crippen molar-refractivity contribution < 1.29 is 9.90 Å². The predicted octanol–water partition coefficient (Wildman–Crippen LogP) is 2.53. The topological polar surface area (TPSA) is 53.4 Å². The van der Waals surface area contributed by atoms with Crippen LogP contribution in [0.1, 0.15) is 43.8 Å². The van der Waals surface area contributed by atoms with Gasteiger partial charge in [-0.05, 0) is 39.2 Å². The Labute approximate surface area is 112 Å². The third-order valence-corrected chi connectivity index (χ3v) is 4.80. The molecule has 18 heavy (non-hydrogen) atoms. The zero-order chi connectivity index (χ0) is 13.2. The van der Waals surface area contributed by atoms with Crippen LogP contribution in [0.3, 0.4) is 0 Å². The van der Waals surface area contributed by atoms with E-state index in [4.69, 9.17) is 0 Å². The van der Waals surface area contributed by atoms with Crippen molar-refractivity contribution in [1.82, 2.24) is 9.88 Å². The van der Waals surface area contributed by atoms with Gasteiger partial charge in [-0.1, -0.05) is 6.92 Å². The van der Waals surface area contributed by atoms with Crippen molar-refractivity contribution in [2.75, 3.05) is 6.54 Å². The molecule has 0 saturated carbocycles. The Balaban J connectivity index is 2.12. The van der Waals surface area contributed by atoms with Gasteiger partial charge in [-0.15, -0.1) is 11.3 Å². The zero-order valence-electron chi connectivity index (χ0n) is 11.0. The molecule has 2 heterocycles. The van der Waals surface area contributed by atoms with Crippen molar-refractivity contribution in [1.29, 1.82) is 0 Å². The minimum absolute atomic E-state index is 0.652. The van der Waals surface area contributed by atoms with Crippen molar-refractivity contribution in [2.24, 2.45) is 0 Å². The number of aromatic nitrogens is 1. The Morgan fingerprint density at radius 3 is 3.00 bits per heavy atom. The molecule has 0 aromatic carbocycles. The fourth-order valence-electron chi connectivity index (χ4n) is 2.45. The van der Waals surface area contributed by atoms with Crippen LogP contribution >= 0.6 is 11.3 Å². The molecule has 1 fully saturated rings. The van der Waals surface area contributed by atoms with Gasteiger partial charge in [-0.2, -0.15) is 0 Å². The lowest BCUT2D eigenvalue weighted by Crippen LogP contribution is -2.54. The smallest absolute Gasteiger partial charge is 0.323 e. The molecule has 0 radical (unpaired) electrons. The van der Waals surface area contributed by atoms with Gasteiger partial charge in [0.15, 0.2) is 0 Å². The lowest BCUT2D eigenvalue weighted by atomic mass is 9.88. The Kier molecular flexibility index (Phi) is 4.02. The summed E-state index contributed by atoms with van der Waals surface area (Å²) in [6.45, 7) is 5.42. The molecular formula is C13H20N2O2S. The molecule has 0 aliphatic carbocycles. The molecule has 1 aliphatic heterocycles. The van der Waals surface area contributed by atoms with Crippen LogP contribution in [0.4, 0.5) is 0 Å². The summed E-state index contributed by atoms with van der Waals surface area (Å²) in [5.41, 5.74) is 0.278. The average Bonchev–Trinajstić information content (AvgIpc) is 2.80. The maximum atomic E-state index is 11.5. The summed E-state index contributed by atoms with van der Waals surface area (Å²) in [6.07, 6.45) is 3.75. The summed E-state index contributed by atoms with van der Waals surface area (Å²) in [4.78, 5) is 18.1. The number of carbonyl (C=O) groups is 1. The highest BCUT2D eigenvalue weighted by atomic mass is 32.1. The normalized spacial score (nSPS) is 25.2. The van der Waals surface area contributed by atoms with E-state index in [9.17, 15) is 9.90 Å². The van der Waals surface area contributed by atoms with E-state index in [-0.39, 0.29) is 0 Å². The molecule has 4 nitrogen and oxygen atoms in total. The monoisotopic (exact) mass is 268 g/mol. The van der Waals surface area contributed by atoms with E-state index in [1.165, 1.54) is 0 Å². The number of likely N-dealkylation sites (tertiary alicyclic amines) is 1. The molecule has 1 saturated heterocycles. The number of aryl methyl sites for hydroxylation is 1. The van der Waals surface area contributed by atoms with Gasteiger partial charge in [0.1, 0.15) is 5.54 Å².